The second kappa shape index (κ2) is 10.6. The third-order valence-corrected chi connectivity index (χ3v) is 6.38. The lowest BCUT2D eigenvalue weighted by Crippen LogP contribution is -2.34. The van der Waals surface area contributed by atoms with Gasteiger partial charge < -0.3 is 25.4 Å². The maximum Gasteiger partial charge on any atom is 0.225 e. The van der Waals surface area contributed by atoms with Gasteiger partial charge in [0, 0.05) is 32.1 Å². The van der Waals surface area contributed by atoms with Crippen molar-refractivity contribution >= 4 is 28.6 Å². The lowest BCUT2D eigenvalue weighted by Gasteiger charge is -2.29. The van der Waals surface area contributed by atoms with Gasteiger partial charge in [-0.2, -0.15) is 4.98 Å². The highest BCUT2D eigenvalue weighted by Gasteiger charge is 2.23. The molecule has 1 aliphatic carbocycles. The van der Waals surface area contributed by atoms with Gasteiger partial charge in [0.2, 0.25) is 11.9 Å². The molecule has 8 nitrogen and oxygen atoms in total. The number of aromatic hydroxyl groups is 1. The van der Waals surface area contributed by atoms with E-state index in [-0.39, 0.29) is 18.1 Å². The van der Waals surface area contributed by atoms with Gasteiger partial charge in [0.05, 0.1) is 19.0 Å². The van der Waals surface area contributed by atoms with E-state index in [4.69, 9.17) is 14.7 Å². The number of anilines is 2. The molecule has 1 amide bonds. The van der Waals surface area contributed by atoms with Gasteiger partial charge in [-0.15, -0.1) is 0 Å². The minimum absolute atomic E-state index is 0.0197. The molecule has 180 valence electrons. The number of aromatic nitrogens is 2. The third kappa shape index (κ3) is 5.68. The van der Waals surface area contributed by atoms with Crippen LogP contribution in [-0.4, -0.2) is 54.8 Å². The van der Waals surface area contributed by atoms with E-state index in [0.29, 0.717) is 30.2 Å². The van der Waals surface area contributed by atoms with Gasteiger partial charge in [0.25, 0.3) is 0 Å². The zero-order valence-electron chi connectivity index (χ0n) is 20.0. The first-order chi connectivity index (χ1) is 16.4. The molecule has 0 bridgehead atoms. The van der Waals surface area contributed by atoms with Crippen molar-refractivity contribution in [2.75, 3.05) is 38.0 Å². The number of fused-ring (bicyclic) bond motifs is 1. The van der Waals surface area contributed by atoms with Gasteiger partial charge in [0.1, 0.15) is 5.82 Å². The Morgan fingerprint density at radius 3 is 2.62 bits per heavy atom. The molecule has 0 spiro atoms. The molecule has 0 aliphatic heterocycles. The molecule has 3 aromatic rings. The molecule has 8 heteroatoms. The molecular weight excluding hydrogens is 430 g/mol. The quantitative estimate of drug-likeness (QED) is 0.468. The highest BCUT2D eigenvalue weighted by molar-refractivity contribution is 5.90. The van der Waals surface area contributed by atoms with Crippen molar-refractivity contribution in [1.29, 1.82) is 0 Å². The van der Waals surface area contributed by atoms with Gasteiger partial charge in [-0.25, -0.2) is 4.98 Å². The van der Waals surface area contributed by atoms with Crippen LogP contribution in [0.15, 0.2) is 42.5 Å². The number of para-hydroxylation sites is 1. The number of rotatable bonds is 8. The van der Waals surface area contributed by atoms with Crippen LogP contribution in [0.5, 0.6) is 11.5 Å². The molecular formula is C26H33N5O3. The van der Waals surface area contributed by atoms with Gasteiger partial charge in [-0.1, -0.05) is 18.2 Å². The second-order valence-corrected chi connectivity index (χ2v) is 9.13. The molecule has 1 heterocycles. The Morgan fingerprint density at radius 1 is 1.12 bits per heavy atom. The smallest absolute Gasteiger partial charge is 0.225 e. The van der Waals surface area contributed by atoms with Crippen LogP contribution in [-0.2, 0) is 11.2 Å². The summed E-state index contributed by atoms with van der Waals surface area (Å²) in [6.07, 6.45) is 4.38. The fourth-order valence-corrected chi connectivity index (χ4v) is 4.50. The number of carbonyl (C=O) groups excluding carboxylic acids is 1. The van der Waals surface area contributed by atoms with Crippen molar-refractivity contribution in [3.63, 3.8) is 0 Å². The van der Waals surface area contributed by atoms with Gasteiger partial charge in [-0.3, -0.25) is 4.79 Å². The van der Waals surface area contributed by atoms with Crippen molar-refractivity contribution in [3.05, 3.63) is 48.0 Å². The summed E-state index contributed by atoms with van der Waals surface area (Å²) < 4.78 is 5.12. The van der Waals surface area contributed by atoms with Gasteiger partial charge >= 0.3 is 0 Å². The summed E-state index contributed by atoms with van der Waals surface area (Å²) >= 11 is 0. The number of carbonyl (C=O) groups is 1. The summed E-state index contributed by atoms with van der Waals surface area (Å²) in [6.45, 7) is 0.679. The Labute approximate surface area is 200 Å². The predicted octanol–water partition coefficient (Wildman–Crippen LogP) is 3.74. The monoisotopic (exact) mass is 463 g/mol. The lowest BCUT2D eigenvalue weighted by atomic mass is 9.86. The maximum absolute atomic E-state index is 12.4. The highest BCUT2D eigenvalue weighted by Crippen LogP contribution is 2.29. The lowest BCUT2D eigenvalue weighted by molar-refractivity contribution is -0.120. The van der Waals surface area contributed by atoms with E-state index >= 15 is 0 Å². The molecule has 34 heavy (non-hydrogen) atoms. The first kappa shape index (κ1) is 23.6. The topological polar surface area (TPSA) is 99.6 Å². The molecule has 0 radical (unpaired) electrons. The normalized spacial score (nSPS) is 17.9. The van der Waals surface area contributed by atoms with Crippen LogP contribution in [0.1, 0.15) is 31.2 Å². The van der Waals surface area contributed by atoms with Crippen LogP contribution < -0.4 is 20.3 Å². The first-order valence-electron chi connectivity index (χ1n) is 11.8. The number of ether oxygens (including phenoxy) is 1. The maximum atomic E-state index is 12.4. The van der Waals surface area contributed by atoms with E-state index in [1.807, 2.05) is 43.3 Å². The van der Waals surface area contributed by atoms with Crippen LogP contribution in [0.25, 0.3) is 10.9 Å². The Kier molecular flexibility index (Phi) is 7.35. The van der Waals surface area contributed by atoms with E-state index in [2.05, 4.69) is 10.6 Å². The van der Waals surface area contributed by atoms with E-state index in [9.17, 15) is 9.90 Å². The zero-order chi connectivity index (χ0) is 24.1. The number of nitrogens with one attached hydrogen (secondary N) is 2. The summed E-state index contributed by atoms with van der Waals surface area (Å²) in [5, 5.41) is 17.3. The van der Waals surface area contributed by atoms with Crippen molar-refractivity contribution in [3.8, 4) is 11.5 Å². The molecule has 1 aromatic heterocycles. The number of hydrogen-bond acceptors (Lipinski definition) is 7. The number of benzene rings is 2. The van der Waals surface area contributed by atoms with E-state index in [0.717, 1.165) is 48.0 Å². The van der Waals surface area contributed by atoms with Crippen LogP contribution in [0, 0.1) is 5.92 Å². The summed E-state index contributed by atoms with van der Waals surface area (Å²) in [6, 6.07) is 13.4. The van der Waals surface area contributed by atoms with Crippen molar-refractivity contribution < 1.29 is 14.6 Å². The van der Waals surface area contributed by atoms with Crippen molar-refractivity contribution in [2.45, 2.75) is 38.1 Å². The van der Waals surface area contributed by atoms with Gasteiger partial charge in [0.15, 0.2) is 11.5 Å². The predicted molar refractivity (Wildman–Crippen MR) is 135 cm³/mol. The molecule has 2 aromatic carbocycles. The molecule has 1 aliphatic rings. The zero-order valence-corrected chi connectivity index (χ0v) is 20.0. The minimum atomic E-state index is -0.0197. The Hall–Kier alpha value is -3.55. The van der Waals surface area contributed by atoms with Crippen LogP contribution in [0.2, 0.25) is 0 Å². The average Bonchev–Trinajstić information content (AvgIpc) is 2.84. The molecule has 4 rings (SSSR count). The van der Waals surface area contributed by atoms with Crippen molar-refractivity contribution in [1.82, 2.24) is 15.3 Å². The number of hydrogen-bond donors (Lipinski definition) is 3. The largest absolute Gasteiger partial charge is 0.504 e. The fourth-order valence-electron chi connectivity index (χ4n) is 4.50. The summed E-state index contributed by atoms with van der Waals surface area (Å²) in [7, 11) is 5.49. The molecule has 0 saturated heterocycles. The molecule has 1 fully saturated rings. The van der Waals surface area contributed by atoms with E-state index < -0.39 is 0 Å². The van der Waals surface area contributed by atoms with Crippen LogP contribution in [0.3, 0.4) is 0 Å². The van der Waals surface area contributed by atoms with Crippen LogP contribution in [0.4, 0.5) is 11.8 Å². The van der Waals surface area contributed by atoms with Crippen LogP contribution >= 0.6 is 0 Å². The van der Waals surface area contributed by atoms with Gasteiger partial charge in [-0.05, 0) is 61.4 Å². The Bertz CT molecular complexity index is 1140. The standard InChI is InChI=1S/C26H33N5O3/c1-31(2)25-20-6-4-5-7-21(20)29-26(30-25)28-19-11-8-17(9-12-19)16-27-24(33)15-18-10-13-22(32)23(14-18)34-3/h4-7,10,13-14,17,19,32H,8-9,11-12,15-16H2,1-3H3,(H,27,33)(H,28,29,30). The molecule has 3 N–H and O–H groups in total. The summed E-state index contributed by atoms with van der Waals surface area (Å²) in [5.41, 5.74) is 1.75. The third-order valence-electron chi connectivity index (χ3n) is 6.38. The minimum Gasteiger partial charge on any atom is -0.504 e. The first-order valence-corrected chi connectivity index (χ1v) is 11.8. The molecule has 0 atom stereocenters. The SMILES string of the molecule is COc1cc(CC(=O)NCC2CCC(Nc3nc(N(C)C)c4ccccc4n3)CC2)ccc1O. The van der Waals surface area contributed by atoms with Crippen molar-refractivity contribution in [2.24, 2.45) is 5.92 Å². The van der Waals surface area contributed by atoms with E-state index in [1.54, 1.807) is 18.2 Å². The molecule has 0 unspecified atom stereocenters. The number of methoxy groups -OCH3 is 1. The number of nitrogens with zero attached hydrogens (tertiary/aromatic N) is 3. The second-order valence-electron chi connectivity index (χ2n) is 9.13. The number of phenolic OH excluding ortho intramolecular Hbond substituents is 1. The average molecular weight is 464 g/mol. The summed E-state index contributed by atoms with van der Waals surface area (Å²) in [5.74, 6) is 2.48. The molecule has 1 saturated carbocycles. The number of phenols is 1. The fraction of sp³-hybridized carbons (Fsp3) is 0.423. The summed E-state index contributed by atoms with van der Waals surface area (Å²) in [4.78, 5) is 23.9. The Morgan fingerprint density at radius 2 is 1.88 bits per heavy atom. The van der Waals surface area contributed by atoms with E-state index in [1.165, 1.54) is 7.11 Å². The highest BCUT2D eigenvalue weighted by atomic mass is 16.5. The Balaban J connectivity index is 1.26. The number of amides is 1.